The lowest BCUT2D eigenvalue weighted by atomic mass is 10.2. The van der Waals surface area contributed by atoms with Gasteiger partial charge in [-0.05, 0) is 84.9 Å². The summed E-state index contributed by atoms with van der Waals surface area (Å²) in [5, 5.41) is 0. The molecule has 0 saturated heterocycles. The highest BCUT2D eigenvalue weighted by Gasteiger charge is 2.01. The molecule has 4 N–H and O–H groups in total. The molecule has 0 aromatic heterocycles. The standard InChI is InChI=1S/2C13H10F2N2/c2*14-10-6-4-9(5-7-10)13(16)17-12-3-1-2-11(15)8-12/h2*1-8H,(H2,16,17). The Balaban J connectivity index is 0.000000191. The summed E-state index contributed by atoms with van der Waals surface area (Å²) in [4.78, 5) is 8.10. The number of benzene rings is 4. The van der Waals surface area contributed by atoms with Gasteiger partial charge in [-0.25, -0.2) is 27.5 Å². The van der Waals surface area contributed by atoms with E-state index in [0.29, 0.717) is 22.5 Å². The fourth-order valence-corrected chi connectivity index (χ4v) is 2.74. The van der Waals surface area contributed by atoms with E-state index in [1.165, 1.54) is 72.8 Å². The van der Waals surface area contributed by atoms with Crippen molar-refractivity contribution in [1.82, 2.24) is 0 Å². The molecular formula is C26H20F4N4. The molecule has 0 saturated carbocycles. The van der Waals surface area contributed by atoms with Gasteiger partial charge in [-0.1, -0.05) is 12.1 Å². The molecule has 0 heterocycles. The number of nitrogens with zero attached hydrogens (tertiary/aromatic N) is 2. The van der Waals surface area contributed by atoms with Crippen LogP contribution in [0.3, 0.4) is 0 Å². The molecule has 8 heteroatoms. The van der Waals surface area contributed by atoms with Gasteiger partial charge in [0.15, 0.2) is 0 Å². The van der Waals surface area contributed by atoms with Crippen LogP contribution in [-0.4, -0.2) is 11.7 Å². The van der Waals surface area contributed by atoms with Gasteiger partial charge in [-0.3, -0.25) is 0 Å². The van der Waals surface area contributed by atoms with Crippen molar-refractivity contribution in [1.29, 1.82) is 0 Å². The van der Waals surface area contributed by atoms with E-state index in [-0.39, 0.29) is 34.9 Å². The van der Waals surface area contributed by atoms with E-state index < -0.39 is 0 Å². The number of rotatable bonds is 4. The van der Waals surface area contributed by atoms with Crippen LogP contribution in [0.1, 0.15) is 11.1 Å². The predicted octanol–water partition coefficient (Wildman–Crippen LogP) is 6.00. The summed E-state index contributed by atoms with van der Waals surface area (Å²) in [6.45, 7) is 0. The van der Waals surface area contributed by atoms with E-state index >= 15 is 0 Å². The van der Waals surface area contributed by atoms with Gasteiger partial charge in [0.1, 0.15) is 34.9 Å². The van der Waals surface area contributed by atoms with Gasteiger partial charge in [0, 0.05) is 11.1 Å². The molecule has 0 spiro atoms. The Kier molecular flexibility index (Phi) is 8.12. The quantitative estimate of drug-likeness (QED) is 0.221. The molecule has 4 rings (SSSR count). The zero-order valence-electron chi connectivity index (χ0n) is 17.8. The number of amidine groups is 2. The smallest absolute Gasteiger partial charge is 0.131 e. The van der Waals surface area contributed by atoms with Crippen molar-refractivity contribution in [2.75, 3.05) is 0 Å². The highest BCUT2D eigenvalue weighted by molar-refractivity contribution is 5.99. The molecule has 0 aliphatic carbocycles. The Labute approximate surface area is 193 Å². The van der Waals surface area contributed by atoms with Gasteiger partial charge in [0.05, 0.1) is 11.4 Å². The van der Waals surface area contributed by atoms with Crippen LogP contribution in [-0.2, 0) is 0 Å². The first kappa shape index (κ1) is 24.2. The number of hydrogen-bond acceptors (Lipinski definition) is 2. The van der Waals surface area contributed by atoms with Crippen molar-refractivity contribution in [2.24, 2.45) is 21.5 Å². The average Bonchev–Trinajstić information content (AvgIpc) is 2.80. The number of halogens is 4. The van der Waals surface area contributed by atoms with E-state index in [9.17, 15) is 17.6 Å². The summed E-state index contributed by atoms with van der Waals surface area (Å²) in [7, 11) is 0. The third-order valence-corrected chi connectivity index (χ3v) is 4.40. The SMILES string of the molecule is NC(=Nc1cccc(F)c1)c1ccc(F)cc1.NC(=Nc1cccc(F)c1)c1ccc(F)cc1. The highest BCUT2D eigenvalue weighted by Crippen LogP contribution is 2.15. The Morgan fingerprint density at radius 2 is 0.824 bits per heavy atom. The van der Waals surface area contributed by atoms with Gasteiger partial charge >= 0.3 is 0 Å². The van der Waals surface area contributed by atoms with Crippen molar-refractivity contribution in [3.05, 3.63) is 131 Å². The van der Waals surface area contributed by atoms with Gasteiger partial charge in [0.25, 0.3) is 0 Å². The molecular weight excluding hydrogens is 444 g/mol. The van der Waals surface area contributed by atoms with Crippen LogP contribution in [0.5, 0.6) is 0 Å². The monoisotopic (exact) mass is 464 g/mol. The van der Waals surface area contributed by atoms with Gasteiger partial charge in [-0.15, -0.1) is 0 Å². The van der Waals surface area contributed by atoms with E-state index in [1.54, 1.807) is 24.3 Å². The molecule has 0 radical (unpaired) electrons. The van der Waals surface area contributed by atoms with Crippen molar-refractivity contribution >= 4 is 23.0 Å². The molecule has 172 valence electrons. The van der Waals surface area contributed by atoms with Crippen LogP contribution in [0, 0.1) is 23.3 Å². The second kappa shape index (κ2) is 11.4. The maximum absolute atomic E-state index is 12.9. The molecule has 0 unspecified atom stereocenters. The van der Waals surface area contributed by atoms with Gasteiger partial charge < -0.3 is 11.5 Å². The van der Waals surface area contributed by atoms with Crippen molar-refractivity contribution in [3.8, 4) is 0 Å². The Morgan fingerprint density at radius 3 is 1.15 bits per heavy atom. The predicted molar refractivity (Wildman–Crippen MR) is 126 cm³/mol. The second-order valence-electron chi connectivity index (χ2n) is 6.97. The first-order chi connectivity index (χ1) is 16.3. The number of nitrogens with two attached hydrogens (primary N) is 2. The number of hydrogen-bond donors (Lipinski definition) is 2. The summed E-state index contributed by atoms with van der Waals surface area (Å²) >= 11 is 0. The third kappa shape index (κ3) is 7.30. The molecule has 4 aromatic rings. The van der Waals surface area contributed by atoms with Crippen molar-refractivity contribution in [2.45, 2.75) is 0 Å². The normalized spacial score (nSPS) is 11.5. The van der Waals surface area contributed by atoms with Crippen molar-refractivity contribution in [3.63, 3.8) is 0 Å². The van der Waals surface area contributed by atoms with Crippen LogP contribution < -0.4 is 11.5 Å². The van der Waals surface area contributed by atoms with Crippen LogP contribution in [0.2, 0.25) is 0 Å². The van der Waals surface area contributed by atoms with E-state index in [0.717, 1.165) is 0 Å². The maximum atomic E-state index is 12.9. The lowest BCUT2D eigenvalue weighted by Gasteiger charge is -2.01. The van der Waals surface area contributed by atoms with E-state index in [4.69, 9.17) is 11.5 Å². The zero-order chi connectivity index (χ0) is 24.5. The summed E-state index contributed by atoms with van der Waals surface area (Å²) in [5.74, 6) is -0.998. The topological polar surface area (TPSA) is 76.8 Å². The highest BCUT2D eigenvalue weighted by atomic mass is 19.1. The van der Waals surface area contributed by atoms with Gasteiger partial charge in [-0.2, -0.15) is 0 Å². The summed E-state index contributed by atoms with van der Waals surface area (Å²) < 4.78 is 51.2. The minimum absolute atomic E-state index is 0.218. The van der Waals surface area contributed by atoms with Crippen LogP contribution in [0.4, 0.5) is 28.9 Å². The van der Waals surface area contributed by atoms with E-state index in [2.05, 4.69) is 9.98 Å². The minimum Gasteiger partial charge on any atom is -0.383 e. The summed E-state index contributed by atoms with van der Waals surface area (Å²) in [5.41, 5.74) is 13.5. The average molecular weight is 464 g/mol. The summed E-state index contributed by atoms with van der Waals surface area (Å²) in [6.07, 6.45) is 0. The first-order valence-electron chi connectivity index (χ1n) is 10.0. The molecule has 34 heavy (non-hydrogen) atoms. The third-order valence-electron chi connectivity index (χ3n) is 4.40. The van der Waals surface area contributed by atoms with E-state index in [1.807, 2.05) is 0 Å². The molecule has 4 nitrogen and oxygen atoms in total. The molecule has 0 atom stereocenters. The lowest BCUT2D eigenvalue weighted by molar-refractivity contribution is 0.627. The number of aliphatic imine (C=N–C) groups is 2. The Bertz CT molecular complexity index is 1200. The van der Waals surface area contributed by atoms with Crippen LogP contribution in [0.15, 0.2) is 107 Å². The second-order valence-corrected chi connectivity index (χ2v) is 6.97. The zero-order valence-corrected chi connectivity index (χ0v) is 17.8. The molecule has 4 aromatic carbocycles. The summed E-state index contributed by atoms with van der Waals surface area (Å²) in [6, 6.07) is 22.8. The molecule has 0 aliphatic rings. The Hall–Kier alpha value is -4.46. The molecule has 0 fully saturated rings. The molecule has 0 aliphatic heterocycles. The fraction of sp³-hybridized carbons (Fsp3) is 0. The largest absolute Gasteiger partial charge is 0.383 e. The van der Waals surface area contributed by atoms with Crippen molar-refractivity contribution < 1.29 is 17.6 Å². The first-order valence-corrected chi connectivity index (χ1v) is 10.0. The Morgan fingerprint density at radius 1 is 0.471 bits per heavy atom. The molecule has 0 bridgehead atoms. The maximum Gasteiger partial charge on any atom is 0.131 e. The lowest BCUT2D eigenvalue weighted by Crippen LogP contribution is -2.12. The van der Waals surface area contributed by atoms with Gasteiger partial charge in [0.2, 0.25) is 0 Å². The van der Waals surface area contributed by atoms with Crippen LogP contribution in [0.25, 0.3) is 0 Å². The van der Waals surface area contributed by atoms with Crippen LogP contribution >= 0.6 is 0 Å². The minimum atomic E-state index is -0.377. The molecule has 0 amide bonds. The fourth-order valence-electron chi connectivity index (χ4n) is 2.74.